The molecule has 5 atom stereocenters. The molecule has 3 unspecified atom stereocenters. The van der Waals surface area contributed by atoms with Crippen molar-refractivity contribution >= 4 is 11.8 Å². The number of amides is 2. The number of hydrogen-bond donors (Lipinski definition) is 3. The summed E-state index contributed by atoms with van der Waals surface area (Å²) in [5.41, 5.74) is -0.264. The minimum atomic E-state index is -0.799. The molecule has 0 aromatic rings. The summed E-state index contributed by atoms with van der Waals surface area (Å²) >= 11 is 0. The Balaban J connectivity index is 1.41. The van der Waals surface area contributed by atoms with E-state index in [1.54, 1.807) is 0 Å². The van der Waals surface area contributed by atoms with Crippen molar-refractivity contribution in [2.75, 3.05) is 6.54 Å². The van der Waals surface area contributed by atoms with Crippen LogP contribution in [0.1, 0.15) is 44.9 Å². The number of hydrogen-bond acceptors (Lipinski definition) is 4. The first-order chi connectivity index (χ1) is 10.0. The number of aliphatic hydroxyl groups is 1. The number of rotatable bonds is 3. The third-order valence-corrected chi connectivity index (χ3v) is 5.65. The third-order valence-electron chi connectivity index (χ3n) is 5.65. The Morgan fingerprint density at radius 1 is 1.33 bits per heavy atom. The van der Waals surface area contributed by atoms with Crippen LogP contribution in [0.4, 0.5) is 0 Å². The van der Waals surface area contributed by atoms with E-state index in [9.17, 15) is 14.7 Å². The molecule has 3 N–H and O–H groups in total. The summed E-state index contributed by atoms with van der Waals surface area (Å²) in [5.74, 6) is 1.17. The first-order valence-corrected chi connectivity index (χ1v) is 8.09. The fourth-order valence-corrected chi connectivity index (χ4v) is 5.10. The molecule has 6 nitrogen and oxygen atoms in total. The molecule has 5 aliphatic rings. The van der Waals surface area contributed by atoms with Crippen LogP contribution in [0, 0.1) is 11.8 Å². The summed E-state index contributed by atoms with van der Waals surface area (Å²) in [6.45, 7) is -0.0244. The van der Waals surface area contributed by atoms with Crippen LogP contribution in [0.3, 0.4) is 0 Å². The van der Waals surface area contributed by atoms with Gasteiger partial charge in [-0.3, -0.25) is 14.9 Å². The molecule has 116 valence electrons. The van der Waals surface area contributed by atoms with E-state index < -0.39 is 6.23 Å². The van der Waals surface area contributed by atoms with Crippen LogP contribution < -0.4 is 10.6 Å². The van der Waals surface area contributed by atoms with E-state index in [0.29, 0.717) is 18.9 Å². The number of carbonyl (C=O) groups is 2. The van der Waals surface area contributed by atoms with Crippen LogP contribution in [0.5, 0.6) is 0 Å². The van der Waals surface area contributed by atoms with Crippen molar-refractivity contribution in [2.24, 2.45) is 11.8 Å². The van der Waals surface area contributed by atoms with Gasteiger partial charge in [0.25, 0.3) is 0 Å². The van der Waals surface area contributed by atoms with Gasteiger partial charge in [-0.2, -0.15) is 0 Å². The van der Waals surface area contributed by atoms with Gasteiger partial charge < -0.3 is 15.3 Å². The van der Waals surface area contributed by atoms with E-state index in [1.807, 2.05) is 0 Å². The summed E-state index contributed by atoms with van der Waals surface area (Å²) in [6, 6.07) is 0.538. The van der Waals surface area contributed by atoms with E-state index in [1.165, 1.54) is 24.2 Å². The number of piperidine rings is 2. The molecule has 0 spiro atoms. The lowest BCUT2D eigenvalue weighted by atomic mass is 9.62. The maximum absolute atomic E-state index is 12.3. The zero-order valence-corrected chi connectivity index (χ0v) is 12.2. The van der Waals surface area contributed by atoms with Crippen molar-refractivity contribution in [1.29, 1.82) is 0 Å². The van der Waals surface area contributed by atoms with Crippen molar-refractivity contribution in [3.8, 4) is 0 Å². The van der Waals surface area contributed by atoms with Gasteiger partial charge >= 0.3 is 0 Å². The normalized spacial score (nSPS) is 44.4. The quantitative estimate of drug-likeness (QED) is 0.680. The fourth-order valence-electron chi connectivity index (χ4n) is 5.10. The molecule has 5 rings (SSSR count). The molecular weight excluding hydrogens is 270 g/mol. The van der Waals surface area contributed by atoms with Gasteiger partial charge in [-0.05, 0) is 43.9 Å². The molecule has 6 heteroatoms. The number of aliphatic hydroxyl groups excluding tert-OH is 1. The van der Waals surface area contributed by atoms with Gasteiger partial charge in [-0.15, -0.1) is 0 Å². The van der Waals surface area contributed by atoms with E-state index >= 15 is 0 Å². The molecule has 3 saturated heterocycles. The molecule has 3 aliphatic heterocycles. The summed E-state index contributed by atoms with van der Waals surface area (Å²) in [4.78, 5) is 25.3. The number of nitrogens with one attached hydrogen (secondary N) is 2. The van der Waals surface area contributed by atoms with Crippen LogP contribution in [0.2, 0.25) is 0 Å². The molecule has 2 saturated carbocycles. The highest BCUT2D eigenvalue weighted by molar-refractivity contribution is 5.86. The molecule has 3 heterocycles. The second-order valence-electron chi connectivity index (χ2n) is 7.36. The van der Waals surface area contributed by atoms with Crippen molar-refractivity contribution in [2.45, 2.75) is 62.9 Å². The Kier molecular flexibility index (Phi) is 3.01. The molecule has 0 aromatic carbocycles. The maximum Gasteiger partial charge on any atom is 0.241 e. The zero-order valence-electron chi connectivity index (χ0n) is 12.2. The average molecular weight is 293 g/mol. The molecule has 5 fully saturated rings. The van der Waals surface area contributed by atoms with E-state index in [2.05, 4.69) is 10.6 Å². The number of likely N-dealkylation sites (tertiary alicyclic amines) is 1. The second-order valence-corrected chi connectivity index (χ2v) is 7.36. The lowest BCUT2D eigenvalue weighted by Gasteiger charge is -2.57. The average Bonchev–Trinajstić information content (AvgIpc) is 2.68. The molecule has 0 radical (unpaired) electrons. The van der Waals surface area contributed by atoms with Gasteiger partial charge in [-0.25, -0.2) is 0 Å². The first-order valence-electron chi connectivity index (χ1n) is 8.09. The minimum absolute atomic E-state index is 0.0244. The zero-order chi connectivity index (χ0) is 14.6. The minimum Gasteiger partial charge on any atom is -0.373 e. The molecule has 21 heavy (non-hydrogen) atoms. The molecule has 4 bridgehead atoms. The Hall–Kier alpha value is -1.14. The van der Waals surface area contributed by atoms with Gasteiger partial charge in [0, 0.05) is 18.9 Å². The standard InChI is InChI=1S/C15H23N3O3/c19-12(8-18-13(20)1-2-14(18)21)17-15-6-9-3-10(7-15)5-11(4-9)16-15/h9-11,13,16,20H,1-8H2,(H,17,19)/t9-,10+,11?,13?,15?. The van der Waals surface area contributed by atoms with E-state index in [-0.39, 0.29) is 24.0 Å². The molecular formula is C15H23N3O3. The van der Waals surface area contributed by atoms with Crippen molar-refractivity contribution < 1.29 is 14.7 Å². The van der Waals surface area contributed by atoms with Crippen LogP contribution in [0.15, 0.2) is 0 Å². The van der Waals surface area contributed by atoms with Gasteiger partial charge in [0.2, 0.25) is 11.8 Å². The van der Waals surface area contributed by atoms with Crippen LogP contribution >= 0.6 is 0 Å². The van der Waals surface area contributed by atoms with Gasteiger partial charge in [0.1, 0.15) is 12.8 Å². The Bertz CT molecular complexity index is 444. The van der Waals surface area contributed by atoms with Crippen LogP contribution in [0.25, 0.3) is 0 Å². The van der Waals surface area contributed by atoms with E-state index in [4.69, 9.17) is 0 Å². The van der Waals surface area contributed by atoms with Gasteiger partial charge in [0.05, 0.1) is 5.66 Å². The maximum atomic E-state index is 12.3. The summed E-state index contributed by atoms with van der Waals surface area (Å²) in [6.07, 6.45) is 5.75. The second kappa shape index (κ2) is 4.68. The lowest BCUT2D eigenvalue weighted by molar-refractivity contribution is -0.141. The Morgan fingerprint density at radius 3 is 2.62 bits per heavy atom. The fraction of sp³-hybridized carbons (Fsp3) is 0.867. The highest BCUT2D eigenvalue weighted by Crippen LogP contribution is 2.48. The number of nitrogens with zero attached hydrogens (tertiary/aromatic N) is 1. The summed E-state index contributed by atoms with van der Waals surface area (Å²) in [5, 5.41) is 16.5. The largest absolute Gasteiger partial charge is 0.373 e. The van der Waals surface area contributed by atoms with E-state index in [0.717, 1.165) is 24.7 Å². The Labute approximate surface area is 124 Å². The predicted octanol–water partition coefficient (Wildman–Crippen LogP) is -0.0784. The topological polar surface area (TPSA) is 81.7 Å². The van der Waals surface area contributed by atoms with Crippen LogP contribution in [-0.2, 0) is 9.59 Å². The van der Waals surface area contributed by atoms with Crippen LogP contribution in [-0.4, -0.2) is 46.3 Å². The smallest absolute Gasteiger partial charge is 0.241 e. The van der Waals surface area contributed by atoms with Gasteiger partial charge in [0.15, 0.2) is 0 Å². The van der Waals surface area contributed by atoms with Crippen molar-refractivity contribution in [3.63, 3.8) is 0 Å². The van der Waals surface area contributed by atoms with Gasteiger partial charge in [-0.1, -0.05) is 0 Å². The third kappa shape index (κ3) is 2.34. The summed E-state index contributed by atoms with van der Waals surface area (Å²) in [7, 11) is 0. The number of carbonyl (C=O) groups excluding carboxylic acids is 2. The predicted molar refractivity (Wildman–Crippen MR) is 74.8 cm³/mol. The Morgan fingerprint density at radius 2 is 2.05 bits per heavy atom. The summed E-state index contributed by atoms with van der Waals surface area (Å²) < 4.78 is 0. The highest BCUT2D eigenvalue weighted by atomic mass is 16.3. The van der Waals surface area contributed by atoms with Crippen molar-refractivity contribution in [3.05, 3.63) is 0 Å². The monoisotopic (exact) mass is 293 g/mol. The first kappa shape index (κ1) is 13.5. The molecule has 2 aliphatic carbocycles. The lowest BCUT2D eigenvalue weighted by Crippen LogP contribution is -2.71. The molecule has 0 aromatic heterocycles. The SMILES string of the molecule is O=C(CN1C(=O)CCC1O)NC12C[C@@H]3CC(C[C@@H](C3)C1)N2. The van der Waals surface area contributed by atoms with Crippen molar-refractivity contribution in [1.82, 2.24) is 15.5 Å². The highest BCUT2D eigenvalue weighted by Gasteiger charge is 2.51. The molecule has 2 amide bonds.